The molecule has 0 saturated carbocycles. The van der Waals surface area contributed by atoms with Gasteiger partial charge in [0.1, 0.15) is 12.6 Å². The molecule has 4 N–H and O–H groups in total. The number of nitrogens with two attached hydrogens (primary N) is 1. The highest BCUT2D eigenvalue weighted by atomic mass is 35.5. The Morgan fingerprint density at radius 2 is 2.10 bits per heavy atom. The SMILES string of the molecule is NC(CCCNC(=O)OCc1ccccc1Cl)C(=O)O. The van der Waals surface area contributed by atoms with Crippen LogP contribution in [0.25, 0.3) is 0 Å². The second-order valence-electron chi connectivity index (χ2n) is 4.18. The van der Waals surface area contributed by atoms with Gasteiger partial charge in [0.05, 0.1) is 0 Å². The van der Waals surface area contributed by atoms with Crippen molar-refractivity contribution in [1.82, 2.24) is 5.32 Å². The van der Waals surface area contributed by atoms with Crippen molar-refractivity contribution in [3.05, 3.63) is 34.9 Å². The highest BCUT2D eigenvalue weighted by Gasteiger charge is 2.11. The van der Waals surface area contributed by atoms with Gasteiger partial charge in [-0.1, -0.05) is 29.8 Å². The Kier molecular flexibility index (Phi) is 6.83. The van der Waals surface area contributed by atoms with Crippen LogP contribution in [0.5, 0.6) is 0 Å². The molecule has 1 unspecified atom stereocenters. The molecule has 20 heavy (non-hydrogen) atoms. The van der Waals surface area contributed by atoms with Crippen LogP contribution >= 0.6 is 11.6 Å². The van der Waals surface area contributed by atoms with E-state index in [4.69, 9.17) is 27.2 Å². The van der Waals surface area contributed by atoms with Crippen LogP contribution in [0.4, 0.5) is 4.79 Å². The van der Waals surface area contributed by atoms with E-state index in [0.29, 0.717) is 24.4 Å². The number of hydrogen-bond donors (Lipinski definition) is 3. The summed E-state index contributed by atoms with van der Waals surface area (Å²) in [4.78, 5) is 21.9. The van der Waals surface area contributed by atoms with Crippen molar-refractivity contribution in [3.8, 4) is 0 Å². The molecule has 0 aliphatic heterocycles. The zero-order valence-corrected chi connectivity index (χ0v) is 11.6. The summed E-state index contributed by atoms with van der Waals surface area (Å²) in [7, 11) is 0. The lowest BCUT2D eigenvalue weighted by atomic mass is 10.2. The predicted octanol–water partition coefficient (Wildman–Crippen LogP) is 1.76. The number of ether oxygens (including phenoxy) is 1. The minimum Gasteiger partial charge on any atom is -0.480 e. The molecule has 0 radical (unpaired) electrons. The first-order valence-electron chi connectivity index (χ1n) is 6.13. The van der Waals surface area contributed by atoms with Gasteiger partial charge >= 0.3 is 12.1 Å². The summed E-state index contributed by atoms with van der Waals surface area (Å²) in [5.41, 5.74) is 6.05. The van der Waals surface area contributed by atoms with Gasteiger partial charge in [-0.15, -0.1) is 0 Å². The van der Waals surface area contributed by atoms with Gasteiger partial charge in [-0.25, -0.2) is 4.79 Å². The van der Waals surface area contributed by atoms with Gasteiger partial charge in [-0.05, 0) is 18.9 Å². The van der Waals surface area contributed by atoms with Crippen LogP contribution < -0.4 is 11.1 Å². The molecule has 0 spiro atoms. The third-order valence-electron chi connectivity index (χ3n) is 2.60. The van der Waals surface area contributed by atoms with E-state index in [1.807, 2.05) is 0 Å². The van der Waals surface area contributed by atoms with Gasteiger partial charge in [0, 0.05) is 17.1 Å². The number of rotatable bonds is 7. The van der Waals surface area contributed by atoms with Crippen LogP contribution in [0.15, 0.2) is 24.3 Å². The number of benzene rings is 1. The largest absolute Gasteiger partial charge is 0.480 e. The fourth-order valence-corrected chi connectivity index (χ4v) is 1.64. The summed E-state index contributed by atoms with van der Waals surface area (Å²) in [6.45, 7) is 0.391. The van der Waals surface area contributed by atoms with Gasteiger partial charge in [0.2, 0.25) is 0 Å². The summed E-state index contributed by atoms with van der Waals surface area (Å²) in [5, 5.41) is 11.6. The van der Waals surface area contributed by atoms with Gasteiger partial charge in [-0.3, -0.25) is 4.79 Å². The Bertz CT molecular complexity index is 467. The fraction of sp³-hybridized carbons (Fsp3) is 0.385. The standard InChI is InChI=1S/C13H17ClN2O4/c14-10-5-2-1-4-9(10)8-20-13(19)16-7-3-6-11(15)12(17)18/h1-2,4-5,11H,3,6-8,15H2,(H,16,19)(H,17,18). The molecule has 0 bridgehead atoms. The Morgan fingerprint density at radius 1 is 1.40 bits per heavy atom. The Morgan fingerprint density at radius 3 is 2.75 bits per heavy atom. The number of amides is 1. The van der Waals surface area contributed by atoms with Crippen molar-refractivity contribution >= 4 is 23.7 Å². The molecule has 1 amide bonds. The molecule has 1 aromatic carbocycles. The van der Waals surface area contributed by atoms with E-state index in [-0.39, 0.29) is 6.61 Å². The van der Waals surface area contributed by atoms with Gasteiger partial charge in [0.15, 0.2) is 0 Å². The first-order valence-corrected chi connectivity index (χ1v) is 6.51. The first-order chi connectivity index (χ1) is 9.50. The van der Waals surface area contributed by atoms with E-state index in [1.54, 1.807) is 24.3 Å². The molecule has 1 atom stereocenters. The summed E-state index contributed by atoms with van der Waals surface area (Å²) < 4.78 is 4.98. The monoisotopic (exact) mass is 300 g/mol. The van der Waals surface area contributed by atoms with Crippen molar-refractivity contribution < 1.29 is 19.4 Å². The number of aliphatic carboxylic acids is 1. The van der Waals surface area contributed by atoms with Crippen LogP contribution in [-0.4, -0.2) is 29.8 Å². The number of alkyl carbamates (subject to hydrolysis) is 1. The molecule has 0 aliphatic carbocycles. The number of carbonyl (C=O) groups excluding carboxylic acids is 1. The van der Waals surface area contributed by atoms with Crippen LogP contribution in [0.1, 0.15) is 18.4 Å². The molecule has 1 aromatic rings. The van der Waals surface area contributed by atoms with Gasteiger partial charge < -0.3 is 20.9 Å². The zero-order chi connectivity index (χ0) is 15.0. The molecular weight excluding hydrogens is 284 g/mol. The third-order valence-corrected chi connectivity index (χ3v) is 2.96. The van der Waals surface area contributed by atoms with Crippen LogP contribution in [0.2, 0.25) is 5.02 Å². The first kappa shape index (κ1) is 16.3. The maximum Gasteiger partial charge on any atom is 0.407 e. The van der Waals surface area contributed by atoms with E-state index in [0.717, 1.165) is 5.56 Å². The topological polar surface area (TPSA) is 102 Å². The second kappa shape index (κ2) is 8.39. The minimum absolute atomic E-state index is 0.0835. The van der Waals surface area contributed by atoms with Crippen molar-refractivity contribution in [2.45, 2.75) is 25.5 Å². The Labute approximate surface area is 121 Å². The highest BCUT2D eigenvalue weighted by Crippen LogP contribution is 2.15. The number of carboxylic acids is 1. The molecule has 1 rings (SSSR count). The molecule has 0 aromatic heterocycles. The second-order valence-corrected chi connectivity index (χ2v) is 4.59. The molecule has 6 nitrogen and oxygen atoms in total. The van der Waals surface area contributed by atoms with Gasteiger partial charge in [-0.2, -0.15) is 0 Å². The molecule has 7 heteroatoms. The molecule has 0 heterocycles. The highest BCUT2D eigenvalue weighted by molar-refractivity contribution is 6.31. The lowest BCUT2D eigenvalue weighted by Gasteiger charge is -2.09. The van der Waals surface area contributed by atoms with Crippen molar-refractivity contribution in [1.29, 1.82) is 0 Å². The van der Waals surface area contributed by atoms with Gasteiger partial charge in [0.25, 0.3) is 0 Å². The van der Waals surface area contributed by atoms with E-state index >= 15 is 0 Å². The van der Waals surface area contributed by atoms with Crippen molar-refractivity contribution in [2.75, 3.05) is 6.54 Å². The lowest BCUT2D eigenvalue weighted by molar-refractivity contribution is -0.138. The Balaban J connectivity index is 2.18. The maximum absolute atomic E-state index is 11.4. The number of carbonyl (C=O) groups is 2. The van der Waals surface area contributed by atoms with Crippen molar-refractivity contribution in [3.63, 3.8) is 0 Å². The lowest BCUT2D eigenvalue weighted by Crippen LogP contribution is -2.32. The smallest absolute Gasteiger partial charge is 0.407 e. The molecular formula is C13H17ClN2O4. The summed E-state index contributed by atoms with van der Waals surface area (Å²) >= 11 is 5.92. The summed E-state index contributed by atoms with van der Waals surface area (Å²) in [6, 6.07) is 6.16. The van der Waals surface area contributed by atoms with Crippen LogP contribution in [0, 0.1) is 0 Å². The summed E-state index contributed by atoms with van der Waals surface area (Å²) in [5.74, 6) is -1.05. The normalized spacial score (nSPS) is 11.7. The van der Waals surface area contributed by atoms with Crippen LogP contribution in [0.3, 0.4) is 0 Å². The van der Waals surface area contributed by atoms with E-state index < -0.39 is 18.1 Å². The number of halogens is 1. The molecule has 0 saturated heterocycles. The van der Waals surface area contributed by atoms with E-state index in [9.17, 15) is 9.59 Å². The number of carboxylic acid groups (broad SMARTS) is 1. The minimum atomic E-state index is -1.05. The zero-order valence-electron chi connectivity index (χ0n) is 10.8. The maximum atomic E-state index is 11.4. The fourth-order valence-electron chi connectivity index (χ4n) is 1.45. The molecule has 0 aliphatic rings. The number of hydrogen-bond acceptors (Lipinski definition) is 4. The predicted molar refractivity (Wildman–Crippen MR) is 74.5 cm³/mol. The van der Waals surface area contributed by atoms with Crippen molar-refractivity contribution in [2.24, 2.45) is 5.73 Å². The average Bonchev–Trinajstić information content (AvgIpc) is 2.42. The Hall–Kier alpha value is -1.79. The molecule has 0 fully saturated rings. The average molecular weight is 301 g/mol. The third kappa shape index (κ3) is 5.90. The molecule has 110 valence electrons. The quantitative estimate of drug-likeness (QED) is 0.666. The number of nitrogens with one attached hydrogen (secondary N) is 1. The van der Waals surface area contributed by atoms with Crippen LogP contribution in [-0.2, 0) is 16.1 Å². The van der Waals surface area contributed by atoms with E-state index in [2.05, 4.69) is 5.32 Å². The van der Waals surface area contributed by atoms with E-state index in [1.165, 1.54) is 0 Å². The summed E-state index contributed by atoms with van der Waals surface area (Å²) in [6.07, 6.45) is 0.184.